The smallest absolute Gasteiger partial charge is 0.223 e. The highest BCUT2D eigenvalue weighted by atomic mass is 35.5. The number of likely N-dealkylation sites (N-methyl/N-ethyl adjacent to an activating group) is 1. The van der Waals surface area contributed by atoms with Gasteiger partial charge in [0.25, 0.3) is 0 Å². The van der Waals surface area contributed by atoms with Crippen LogP contribution in [0.25, 0.3) is 0 Å². The number of aliphatic hydroxyl groups excluding tert-OH is 1. The van der Waals surface area contributed by atoms with Gasteiger partial charge in [0, 0.05) is 55.6 Å². The quantitative estimate of drug-likeness (QED) is 0.845. The first-order chi connectivity index (χ1) is 11.5. The standard InChI is InChI=1S/C17H23Cl2N3O2/c1-21(5-2-16(24)22-6-3-20-4-7-22)17-13-8-11(18)9-14(19)12(13)10-15(17)23/h8-9,15,17,20,23H,2-7,10H2,1H3. The van der Waals surface area contributed by atoms with Crippen LogP contribution in [0.1, 0.15) is 23.6 Å². The normalized spacial score (nSPS) is 23.6. The monoisotopic (exact) mass is 371 g/mol. The van der Waals surface area contributed by atoms with E-state index in [0.717, 1.165) is 37.3 Å². The van der Waals surface area contributed by atoms with Crippen LogP contribution in [-0.2, 0) is 11.2 Å². The van der Waals surface area contributed by atoms with Crippen LogP contribution in [0.5, 0.6) is 0 Å². The predicted molar refractivity (Wildman–Crippen MR) is 95.6 cm³/mol. The van der Waals surface area contributed by atoms with E-state index in [4.69, 9.17) is 23.2 Å². The number of rotatable bonds is 4. The van der Waals surface area contributed by atoms with Crippen molar-refractivity contribution in [2.45, 2.75) is 25.0 Å². The first-order valence-electron chi connectivity index (χ1n) is 8.32. The lowest BCUT2D eigenvalue weighted by atomic mass is 10.1. The lowest BCUT2D eigenvalue weighted by molar-refractivity contribution is -0.132. The van der Waals surface area contributed by atoms with Crippen molar-refractivity contribution in [3.05, 3.63) is 33.3 Å². The second-order valence-corrected chi connectivity index (χ2v) is 7.38. The van der Waals surface area contributed by atoms with E-state index in [1.54, 1.807) is 6.07 Å². The number of nitrogens with zero attached hydrogens (tertiary/aromatic N) is 2. The van der Waals surface area contributed by atoms with E-state index < -0.39 is 6.10 Å². The molecule has 1 aliphatic heterocycles. The van der Waals surface area contributed by atoms with Crippen molar-refractivity contribution in [1.29, 1.82) is 0 Å². The fraction of sp³-hybridized carbons (Fsp3) is 0.588. The SMILES string of the molecule is CN(CCC(=O)N1CCNCC1)C1c2cc(Cl)cc(Cl)c2CC1O. The molecule has 2 aliphatic rings. The summed E-state index contributed by atoms with van der Waals surface area (Å²) in [6.45, 7) is 3.83. The Bertz CT molecular complexity index is 620. The maximum Gasteiger partial charge on any atom is 0.223 e. The average Bonchev–Trinajstić information content (AvgIpc) is 2.89. The number of amides is 1. The molecule has 132 valence electrons. The number of benzene rings is 1. The minimum Gasteiger partial charge on any atom is -0.391 e. The molecule has 3 rings (SSSR count). The van der Waals surface area contributed by atoms with Crippen molar-refractivity contribution in [1.82, 2.24) is 15.1 Å². The minimum absolute atomic E-state index is 0.167. The van der Waals surface area contributed by atoms with Gasteiger partial charge in [-0.1, -0.05) is 23.2 Å². The average molecular weight is 372 g/mol. The van der Waals surface area contributed by atoms with Crippen LogP contribution >= 0.6 is 23.2 Å². The number of halogens is 2. The third-order valence-electron chi connectivity index (χ3n) is 4.91. The van der Waals surface area contributed by atoms with E-state index >= 15 is 0 Å². The van der Waals surface area contributed by atoms with Gasteiger partial charge in [-0.3, -0.25) is 9.69 Å². The van der Waals surface area contributed by atoms with Crippen molar-refractivity contribution in [2.75, 3.05) is 39.8 Å². The summed E-state index contributed by atoms with van der Waals surface area (Å²) in [6, 6.07) is 3.41. The maximum absolute atomic E-state index is 12.3. The van der Waals surface area contributed by atoms with Crippen LogP contribution in [0, 0.1) is 0 Å². The van der Waals surface area contributed by atoms with Crippen LogP contribution < -0.4 is 5.32 Å². The number of aliphatic hydroxyl groups is 1. The Morgan fingerprint density at radius 3 is 2.79 bits per heavy atom. The Balaban J connectivity index is 1.65. The molecule has 1 heterocycles. The molecule has 2 unspecified atom stereocenters. The van der Waals surface area contributed by atoms with Crippen LogP contribution in [0.2, 0.25) is 10.0 Å². The molecule has 2 atom stereocenters. The lowest BCUT2D eigenvalue weighted by Crippen LogP contribution is -2.47. The van der Waals surface area contributed by atoms with Gasteiger partial charge >= 0.3 is 0 Å². The molecule has 5 nitrogen and oxygen atoms in total. The van der Waals surface area contributed by atoms with Crippen LogP contribution in [0.4, 0.5) is 0 Å². The molecule has 1 aromatic carbocycles. The van der Waals surface area contributed by atoms with Crippen LogP contribution in [-0.4, -0.2) is 66.7 Å². The van der Waals surface area contributed by atoms with Gasteiger partial charge in [0.15, 0.2) is 0 Å². The summed E-state index contributed by atoms with van der Waals surface area (Å²) in [4.78, 5) is 16.3. The van der Waals surface area contributed by atoms with Gasteiger partial charge in [-0.2, -0.15) is 0 Å². The molecule has 24 heavy (non-hydrogen) atoms. The molecule has 0 bridgehead atoms. The van der Waals surface area contributed by atoms with Gasteiger partial charge in [0.2, 0.25) is 5.91 Å². The molecule has 0 aromatic heterocycles. The number of piperazine rings is 1. The molecule has 1 saturated heterocycles. The first kappa shape index (κ1) is 18.0. The predicted octanol–water partition coefficient (Wildman–Crippen LogP) is 1.71. The molecule has 1 aromatic rings. The second kappa shape index (κ2) is 7.58. The van der Waals surface area contributed by atoms with Crippen molar-refractivity contribution in [2.24, 2.45) is 0 Å². The molecule has 2 N–H and O–H groups in total. The lowest BCUT2D eigenvalue weighted by Gasteiger charge is -2.30. The summed E-state index contributed by atoms with van der Waals surface area (Å²) in [5.74, 6) is 0.167. The summed E-state index contributed by atoms with van der Waals surface area (Å²) in [7, 11) is 1.93. The number of carbonyl (C=O) groups is 1. The number of carbonyl (C=O) groups excluding carboxylic acids is 1. The highest BCUT2D eigenvalue weighted by Gasteiger charge is 2.35. The molecule has 0 radical (unpaired) electrons. The van der Waals surface area contributed by atoms with Gasteiger partial charge in [-0.15, -0.1) is 0 Å². The van der Waals surface area contributed by atoms with E-state index in [1.165, 1.54) is 0 Å². The van der Waals surface area contributed by atoms with Gasteiger partial charge in [-0.05, 0) is 30.3 Å². The third-order valence-corrected chi connectivity index (χ3v) is 5.47. The fourth-order valence-corrected chi connectivity index (χ4v) is 4.23. The third kappa shape index (κ3) is 3.70. The molecule has 1 aliphatic carbocycles. The molecular formula is C17H23Cl2N3O2. The summed E-state index contributed by atoms with van der Waals surface area (Å²) < 4.78 is 0. The Morgan fingerprint density at radius 2 is 2.08 bits per heavy atom. The molecular weight excluding hydrogens is 349 g/mol. The highest BCUT2D eigenvalue weighted by Crippen LogP contribution is 2.40. The summed E-state index contributed by atoms with van der Waals surface area (Å²) in [6.07, 6.45) is 0.436. The molecule has 0 saturated carbocycles. The minimum atomic E-state index is -0.532. The number of fused-ring (bicyclic) bond motifs is 1. The van der Waals surface area contributed by atoms with Crippen molar-refractivity contribution in [3.8, 4) is 0 Å². The Hall–Kier alpha value is -0.850. The second-order valence-electron chi connectivity index (χ2n) is 6.53. The maximum atomic E-state index is 12.3. The van der Waals surface area contributed by atoms with E-state index in [-0.39, 0.29) is 11.9 Å². The topological polar surface area (TPSA) is 55.8 Å². The number of hydrogen-bond donors (Lipinski definition) is 2. The molecule has 7 heteroatoms. The summed E-state index contributed by atoms with van der Waals surface area (Å²) in [5.41, 5.74) is 1.93. The van der Waals surface area contributed by atoms with Crippen molar-refractivity contribution >= 4 is 29.1 Å². The zero-order chi connectivity index (χ0) is 17.3. The molecule has 1 amide bonds. The van der Waals surface area contributed by atoms with Crippen molar-refractivity contribution < 1.29 is 9.90 Å². The van der Waals surface area contributed by atoms with Crippen LogP contribution in [0.3, 0.4) is 0 Å². The van der Waals surface area contributed by atoms with E-state index in [2.05, 4.69) is 5.32 Å². The first-order valence-corrected chi connectivity index (χ1v) is 9.07. The summed E-state index contributed by atoms with van der Waals surface area (Å²) >= 11 is 12.4. The van der Waals surface area contributed by atoms with Gasteiger partial charge in [0.1, 0.15) is 0 Å². The Kier molecular flexibility index (Phi) is 5.67. The number of nitrogens with one attached hydrogen (secondary N) is 1. The van der Waals surface area contributed by atoms with Crippen molar-refractivity contribution in [3.63, 3.8) is 0 Å². The zero-order valence-corrected chi connectivity index (χ0v) is 15.3. The Labute approximate surface area is 152 Å². The van der Waals surface area contributed by atoms with E-state index in [9.17, 15) is 9.90 Å². The summed E-state index contributed by atoms with van der Waals surface area (Å²) in [5, 5.41) is 14.9. The van der Waals surface area contributed by atoms with Gasteiger partial charge < -0.3 is 15.3 Å². The van der Waals surface area contributed by atoms with Crippen LogP contribution in [0.15, 0.2) is 12.1 Å². The largest absolute Gasteiger partial charge is 0.391 e. The zero-order valence-electron chi connectivity index (χ0n) is 13.8. The fourth-order valence-electron chi connectivity index (χ4n) is 3.65. The van der Waals surface area contributed by atoms with Gasteiger partial charge in [-0.25, -0.2) is 0 Å². The van der Waals surface area contributed by atoms with E-state index in [1.807, 2.05) is 22.9 Å². The Morgan fingerprint density at radius 1 is 1.38 bits per heavy atom. The molecule has 1 fully saturated rings. The highest BCUT2D eigenvalue weighted by molar-refractivity contribution is 6.35. The number of hydrogen-bond acceptors (Lipinski definition) is 4. The molecule has 0 spiro atoms. The van der Waals surface area contributed by atoms with Gasteiger partial charge in [0.05, 0.1) is 12.1 Å². The van der Waals surface area contributed by atoms with E-state index in [0.29, 0.717) is 29.4 Å².